The molecule has 0 bridgehead atoms. The summed E-state index contributed by atoms with van der Waals surface area (Å²) in [5.74, 6) is -1.28. The molecule has 34 heavy (non-hydrogen) atoms. The minimum absolute atomic E-state index is 0.0490. The molecule has 0 unspecified atom stereocenters. The summed E-state index contributed by atoms with van der Waals surface area (Å²) in [7, 11) is 0. The lowest BCUT2D eigenvalue weighted by Crippen LogP contribution is -2.28. The van der Waals surface area contributed by atoms with Gasteiger partial charge in [-0.25, -0.2) is 9.48 Å². The summed E-state index contributed by atoms with van der Waals surface area (Å²) in [6.07, 6.45) is -4.70. The number of carbonyl (C=O) groups is 2. The van der Waals surface area contributed by atoms with E-state index >= 15 is 0 Å². The molecule has 8 nitrogen and oxygen atoms in total. The third-order valence-corrected chi connectivity index (χ3v) is 4.61. The van der Waals surface area contributed by atoms with Gasteiger partial charge in [0.15, 0.2) is 12.3 Å². The van der Waals surface area contributed by atoms with Crippen LogP contribution in [0.3, 0.4) is 0 Å². The van der Waals surface area contributed by atoms with Gasteiger partial charge >= 0.3 is 12.1 Å². The fraction of sp³-hybridized carbons (Fsp3) is 0.182. The molecule has 2 aromatic carbocycles. The highest BCUT2D eigenvalue weighted by atomic mass is 35.5. The molecule has 3 aromatic rings. The van der Waals surface area contributed by atoms with Crippen molar-refractivity contribution in [3.8, 4) is 5.75 Å². The normalized spacial score (nSPS) is 11.1. The highest BCUT2D eigenvalue weighted by molar-refractivity contribution is 6.31. The third kappa shape index (κ3) is 6.82. The fourth-order valence-electron chi connectivity index (χ4n) is 2.71. The summed E-state index contributed by atoms with van der Waals surface area (Å²) >= 11 is 5.53. The standard InChI is InChI=1S/C22H17ClF3N3O5/c23-17-7-6-14(12-16(17)22(24,25)26)27-19(30)13-34-21(32)18-8-9-20(31)29(28-18)10-11-33-15-4-2-1-3-5-15/h1-9,12H,10-11,13H2,(H,27,30). The zero-order valence-corrected chi connectivity index (χ0v) is 18.1. The van der Waals surface area contributed by atoms with E-state index in [0.717, 1.165) is 22.9 Å². The van der Waals surface area contributed by atoms with E-state index in [4.69, 9.17) is 21.1 Å². The van der Waals surface area contributed by atoms with Crippen molar-refractivity contribution >= 4 is 29.2 Å². The zero-order chi connectivity index (χ0) is 24.7. The Kier molecular flexibility index (Phi) is 7.90. The van der Waals surface area contributed by atoms with E-state index in [9.17, 15) is 27.6 Å². The maximum Gasteiger partial charge on any atom is 0.417 e. The zero-order valence-electron chi connectivity index (χ0n) is 17.3. The van der Waals surface area contributed by atoms with Crippen molar-refractivity contribution in [2.24, 2.45) is 0 Å². The Labute approximate surface area is 195 Å². The van der Waals surface area contributed by atoms with E-state index in [1.54, 1.807) is 24.3 Å². The lowest BCUT2D eigenvalue weighted by molar-refractivity contribution is -0.137. The van der Waals surface area contributed by atoms with Crippen molar-refractivity contribution in [1.29, 1.82) is 0 Å². The van der Waals surface area contributed by atoms with Gasteiger partial charge in [-0.05, 0) is 36.4 Å². The molecule has 1 heterocycles. The van der Waals surface area contributed by atoms with Gasteiger partial charge in [0.2, 0.25) is 0 Å². The van der Waals surface area contributed by atoms with Crippen molar-refractivity contribution in [3.05, 3.63) is 87.3 Å². The molecule has 1 amide bonds. The Bertz CT molecular complexity index is 1230. The van der Waals surface area contributed by atoms with Gasteiger partial charge in [-0.3, -0.25) is 9.59 Å². The van der Waals surface area contributed by atoms with Crippen LogP contribution in [0.25, 0.3) is 0 Å². The van der Waals surface area contributed by atoms with E-state index < -0.39 is 40.8 Å². The molecule has 0 radical (unpaired) electrons. The number of esters is 1. The molecular formula is C22H17ClF3N3O5. The quantitative estimate of drug-likeness (QED) is 0.477. The summed E-state index contributed by atoms with van der Waals surface area (Å²) < 4.78 is 50.1. The van der Waals surface area contributed by atoms with Gasteiger partial charge < -0.3 is 14.8 Å². The number of nitrogens with one attached hydrogen (secondary N) is 1. The van der Waals surface area contributed by atoms with Crippen molar-refractivity contribution in [2.45, 2.75) is 12.7 Å². The van der Waals surface area contributed by atoms with Crippen LogP contribution in [0.2, 0.25) is 5.02 Å². The molecule has 3 rings (SSSR count). The SMILES string of the molecule is O=C(COC(=O)c1ccc(=O)n(CCOc2ccccc2)n1)Nc1ccc(Cl)c(C(F)(F)F)c1. The highest BCUT2D eigenvalue weighted by Gasteiger charge is 2.33. The van der Waals surface area contributed by atoms with Gasteiger partial charge in [-0.15, -0.1) is 0 Å². The predicted molar refractivity (Wildman–Crippen MR) is 116 cm³/mol. The van der Waals surface area contributed by atoms with Crippen LogP contribution in [0.4, 0.5) is 18.9 Å². The predicted octanol–water partition coefficient (Wildman–Crippen LogP) is 3.79. The van der Waals surface area contributed by atoms with Crippen LogP contribution < -0.4 is 15.6 Å². The van der Waals surface area contributed by atoms with Crippen LogP contribution >= 0.6 is 11.6 Å². The summed E-state index contributed by atoms with van der Waals surface area (Å²) in [5, 5.41) is 5.56. The number of amides is 1. The number of carbonyl (C=O) groups excluding carboxylic acids is 2. The van der Waals surface area contributed by atoms with E-state index in [0.29, 0.717) is 11.8 Å². The number of anilines is 1. The van der Waals surface area contributed by atoms with Gasteiger partial charge in [0.25, 0.3) is 11.5 Å². The van der Waals surface area contributed by atoms with Crippen LogP contribution in [0.15, 0.2) is 65.5 Å². The van der Waals surface area contributed by atoms with Crippen molar-refractivity contribution in [1.82, 2.24) is 9.78 Å². The second-order valence-corrected chi connectivity index (χ2v) is 7.17. The number of para-hydroxylation sites is 1. The van der Waals surface area contributed by atoms with Crippen LogP contribution in [0, 0.1) is 0 Å². The molecule has 0 atom stereocenters. The maximum absolute atomic E-state index is 12.9. The average Bonchev–Trinajstić information content (AvgIpc) is 2.80. The minimum Gasteiger partial charge on any atom is -0.492 e. The van der Waals surface area contributed by atoms with E-state index in [2.05, 4.69) is 10.4 Å². The number of benzene rings is 2. The number of nitrogens with zero attached hydrogens (tertiary/aromatic N) is 2. The van der Waals surface area contributed by atoms with Crippen molar-refractivity contribution in [2.75, 3.05) is 18.5 Å². The Morgan fingerprint density at radius 3 is 2.50 bits per heavy atom. The molecule has 0 aliphatic heterocycles. The Hall–Kier alpha value is -3.86. The molecule has 0 aliphatic rings. The number of aromatic nitrogens is 2. The fourth-order valence-corrected chi connectivity index (χ4v) is 2.93. The molecule has 1 N–H and O–H groups in total. The largest absolute Gasteiger partial charge is 0.492 e. The first kappa shape index (κ1) is 24.8. The summed E-state index contributed by atoms with van der Waals surface area (Å²) in [6, 6.07) is 13.9. The highest BCUT2D eigenvalue weighted by Crippen LogP contribution is 2.36. The van der Waals surface area contributed by atoms with Gasteiger partial charge in [-0.1, -0.05) is 29.8 Å². The average molecular weight is 496 g/mol. The lowest BCUT2D eigenvalue weighted by Gasteiger charge is -2.12. The second kappa shape index (κ2) is 10.8. The molecule has 0 fully saturated rings. The number of ether oxygens (including phenoxy) is 2. The Morgan fingerprint density at radius 2 is 1.79 bits per heavy atom. The van der Waals surface area contributed by atoms with Crippen molar-refractivity contribution in [3.63, 3.8) is 0 Å². The van der Waals surface area contributed by atoms with E-state index in [1.165, 1.54) is 6.07 Å². The summed E-state index contributed by atoms with van der Waals surface area (Å²) in [4.78, 5) is 36.2. The first-order valence-corrected chi connectivity index (χ1v) is 10.1. The maximum atomic E-state index is 12.9. The molecule has 1 aromatic heterocycles. The van der Waals surface area contributed by atoms with Gasteiger partial charge in [-0.2, -0.15) is 18.3 Å². The first-order chi connectivity index (χ1) is 16.1. The van der Waals surface area contributed by atoms with Gasteiger partial charge in [0.05, 0.1) is 17.1 Å². The number of rotatable bonds is 8. The molecule has 0 aliphatic carbocycles. The molecule has 0 saturated carbocycles. The molecule has 12 heteroatoms. The van der Waals surface area contributed by atoms with Crippen molar-refractivity contribution < 1.29 is 32.2 Å². The third-order valence-electron chi connectivity index (χ3n) is 4.28. The summed E-state index contributed by atoms with van der Waals surface area (Å²) in [5.41, 5.74) is -2.01. The molecule has 0 saturated heterocycles. The molecule has 0 spiro atoms. The number of hydrogen-bond donors (Lipinski definition) is 1. The molecule has 178 valence electrons. The number of halogens is 4. The summed E-state index contributed by atoms with van der Waals surface area (Å²) in [6.45, 7) is -0.632. The smallest absolute Gasteiger partial charge is 0.417 e. The Morgan fingerprint density at radius 1 is 1.06 bits per heavy atom. The lowest BCUT2D eigenvalue weighted by atomic mass is 10.2. The van der Waals surface area contributed by atoms with E-state index in [1.807, 2.05) is 6.07 Å². The van der Waals surface area contributed by atoms with Crippen LogP contribution in [-0.4, -0.2) is 34.9 Å². The van der Waals surface area contributed by atoms with Crippen LogP contribution in [0.1, 0.15) is 16.1 Å². The number of alkyl halides is 3. The first-order valence-electron chi connectivity index (χ1n) is 9.73. The van der Waals surface area contributed by atoms with Gasteiger partial charge in [0.1, 0.15) is 12.4 Å². The van der Waals surface area contributed by atoms with Gasteiger partial charge in [0, 0.05) is 11.8 Å². The van der Waals surface area contributed by atoms with E-state index in [-0.39, 0.29) is 24.5 Å². The van der Waals surface area contributed by atoms with Crippen LogP contribution in [0.5, 0.6) is 5.75 Å². The monoisotopic (exact) mass is 495 g/mol. The Balaban J connectivity index is 1.56. The molecular weight excluding hydrogens is 479 g/mol. The topological polar surface area (TPSA) is 99.5 Å². The number of hydrogen-bond acceptors (Lipinski definition) is 6. The second-order valence-electron chi connectivity index (χ2n) is 6.76. The minimum atomic E-state index is -4.70. The van der Waals surface area contributed by atoms with Crippen LogP contribution in [-0.2, 0) is 22.3 Å².